The lowest BCUT2D eigenvalue weighted by Gasteiger charge is -2.24. The normalized spacial score (nSPS) is 13.2. The summed E-state index contributed by atoms with van der Waals surface area (Å²) in [6.45, 7) is -0.532. The van der Waals surface area contributed by atoms with Crippen molar-refractivity contribution in [2.24, 2.45) is 5.73 Å². The number of amides is 4. The number of nitrogens with two attached hydrogens (primary N) is 1. The van der Waals surface area contributed by atoms with Crippen LogP contribution >= 0.6 is 0 Å². The molecule has 0 bridgehead atoms. The van der Waals surface area contributed by atoms with Crippen molar-refractivity contribution >= 4 is 40.5 Å². The number of hydrogen-bond donors (Lipinski definition) is 7. The number of para-hydroxylation sites is 1. The molecule has 0 aliphatic rings. The summed E-state index contributed by atoms with van der Waals surface area (Å²) in [5.74, 6) is -3.75. The Bertz CT molecular complexity index is 1970. The van der Waals surface area contributed by atoms with Gasteiger partial charge in [0.2, 0.25) is 23.6 Å². The first kappa shape index (κ1) is 37.0. The average molecular weight is 703 g/mol. The van der Waals surface area contributed by atoms with Crippen LogP contribution in [0.15, 0.2) is 121 Å². The highest BCUT2D eigenvalue weighted by atomic mass is 16.4. The van der Waals surface area contributed by atoms with Crippen LogP contribution in [0, 0.1) is 0 Å². The van der Waals surface area contributed by atoms with Gasteiger partial charge < -0.3 is 37.1 Å². The Morgan fingerprint density at radius 1 is 0.577 bits per heavy atom. The van der Waals surface area contributed by atoms with E-state index in [0.717, 1.165) is 33.2 Å². The Morgan fingerprint density at radius 2 is 1.08 bits per heavy atom. The zero-order valence-corrected chi connectivity index (χ0v) is 28.5. The van der Waals surface area contributed by atoms with Crippen LogP contribution in [0.4, 0.5) is 0 Å². The summed E-state index contributed by atoms with van der Waals surface area (Å²) in [6, 6.07) is 30.5. The molecule has 8 N–H and O–H groups in total. The average Bonchev–Trinajstić information content (AvgIpc) is 3.56. The topological polar surface area (TPSA) is 196 Å². The third-order valence-corrected chi connectivity index (χ3v) is 8.62. The van der Waals surface area contributed by atoms with E-state index in [0.29, 0.717) is 0 Å². The molecule has 52 heavy (non-hydrogen) atoms. The van der Waals surface area contributed by atoms with E-state index in [4.69, 9.17) is 5.73 Å². The molecule has 0 radical (unpaired) electrons. The van der Waals surface area contributed by atoms with E-state index >= 15 is 0 Å². The molecule has 4 aromatic carbocycles. The van der Waals surface area contributed by atoms with Crippen LogP contribution in [0.25, 0.3) is 10.9 Å². The van der Waals surface area contributed by atoms with Crippen molar-refractivity contribution in [1.82, 2.24) is 26.3 Å². The number of nitrogens with one attached hydrogen (secondary N) is 5. The summed E-state index contributed by atoms with van der Waals surface area (Å²) >= 11 is 0. The minimum Gasteiger partial charge on any atom is -0.480 e. The summed E-state index contributed by atoms with van der Waals surface area (Å²) in [5.41, 5.74) is 10.2. The first-order valence-electron chi connectivity index (χ1n) is 17.0. The highest BCUT2D eigenvalue weighted by molar-refractivity contribution is 5.95. The van der Waals surface area contributed by atoms with Crippen molar-refractivity contribution in [2.45, 2.75) is 49.9 Å². The number of H-pyrrole nitrogens is 1. The van der Waals surface area contributed by atoms with Gasteiger partial charge in [0.05, 0.1) is 12.6 Å². The standard InChI is InChI=1S/C40H42N6O6/c41-31(20-26-12-4-1-5-13-26)37(48)45-34(22-28-16-8-3-9-17-28)39(50)46-33(21-27-14-6-2-7-15-27)38(49)43-25-36(47)44-35(40(51)52)23-29-24-42-32-19-11-10-18-30(29)32/h1-19,24,31,33-35,42H,20-23,25,41H2,(H,43,49)(H,44,47)(H,45,48)(H,46,50)(H,51,52). The SMILES string of the molecule is NC(Cc1ccccc1)C(=O)NC(Cc1ccccc1)C(=O)NC(Cc1ccccc1)C(=O)NCC(=O)NC(Cc1c[nH]c2ccccc12)C(=O)O. The maximum atomic E-state index is 13.9. The van der Waals surface area contributed by atoms with Crippen molar-refractivity contribution < 1.29 is 29.1 Å². The van der Waals surface area contributed by atoms with Crippen molar-refractivity contribution in [2.75, 3.05) is 6.54 Å². The van der Waals surface area contributed by atoms with E-state index in [1.807, 2.05) is 91.0 Å². The zero-order chi connectivity index (χ0) is 36.9. The fourth-order valence-corrected chi connectivity index (χ4v) is 5.89. The minimum atomic E-state index is -1.25. The number of carbonyl (C=O) groups is 5. The van der Waals surface area contributed by atoms with Gasteiger partial charge in [0.15, 0.2) is 0 Å². The lowest BCUT2D eigenvalue weighted by Crippen LogP contribution is -2.57. The van der Waals surface area contributed by atoms with Gasteiger partial charge in [-0.2, -0.15) is 0 Å². The third kappa shape index (κ3) is 10.6. The summed E-state index contributed by atoms with van der Waals surface area (Å²) < 4.78 is 0. The molecular formula is C40H42N6O6. The predicted molar refractivity (Wildman–Crippen MR) is 197 cm³/mol. The fraction of sp³-hybridized carbons (Fsp3) is 0.225. The Kier molecular flexibility index (Phi) is 12.9. The molecule has 1 heterocycles. The third-order valence-electron chi connectivity index (χ3n) is 8.62. The van der Waals surface area contributed by atoms with Gasteiger partial charge in [-0.25, -0.2) is 4.79 Å². The van der Waals surface area contributed by atoms with E-state index in [1.54, 1.807) is 30.5 Å². The van der Waals surface area contributed by atoms with Crippen molar-refractivity contribution in [3.63, 3.8) is 0 Å². The molecule has 12 nitrogen and oxygen atoms in total. The molecule has 4 unspecified atom stereocenters. The molecule has 0 saturated heterocycles. The van der Waals surface area contributed by atoms with Crippen LogP contribution in [0.2, 0.25) is 0 Å². The molecule has 1 aromatic heterocycles. The number of carboxylic acids is 1. The maximum absolute atomic E-state index is 13.9. The van der Waals surface area contributed by atoms with E-state index in [9.17, 15) is 29.1 Å². The van der Waals surface area contributed by atoms with Gasteiger partial charge >= 0.3 is 5.97 Å². The summed E-state index contributed by atoms with van der Waals surface area (Å²) in [5, 5.41) is 21.3. The Balaban J connectivity index is 1.26. The Hall–Kier alpha value is -6.27. The second kappa shape index (κ2) is 18.1. The Labute approximate surface area is 301 Å². The van der Waals surface area contributed by atoms with Gasteiger partial charge in [0.25, 0.3) is 0 Å². The van der Waals surface area contributed by atoms with Gasteiger partial charge in [-0.15, -0.1) is 0 Å². The number of carboxylic acid groups (broad SMARTS) is 1. The largest absolute Gasteiger partial charge is 0.480 e. The second-order valence-corrected chi connectivity index (χ2v) is 12.5. The first-order valence-corrected chi connectivity index (χ1v) is 17.0. The van der Waals surface area contributed by atoms with E-state index in [2.05, 4.69) is 26.3 Å². The predicted octanol–water partition coefficient (Wildman–Crippen LogP) is 2.42. The lowest BCUT2D eigenvalue weighted by molar-refractivity contribution is -0.141. The minimum absolute atomic E-state index is 0.0231. The number of aromatic amines is 1. The van der Waals surface area contributed by atoms with E-state index in [1.165, 1.54) is 0 Å². The van der Waals surface area contributed by atoms with Crippen molar-refractivity contribution in [3.8, 4) is 0 Å². The number of fused-ring (bicyclic) bond motifs is 1. The van der Waals surface area contributed by atoms with Gasteiger partial charge in [0.1, 0.15) is 18.1 Å². The molecule has 5 aromatic rings. The molecule has 0 spiro atoms. The molecule has 268 valence electrons. The Morgan fingerprint density at radius 3 is 1.65 bits per heavy atom. The van der Waals surface area contributed by atoms with Gasteiger partial charge in [-0.3, -0.25) is 19.2 Å². The lowest BCUT2D eigenvalue weighted by atomic mass is 10.0. The highest BCUT2D eigenvalue weighted by Gasteiger charge is 2.29. The van der Waals surface area contributed by atoms with E-state index in [-0.39, 0.29) is 25.7 Å². The number of rotatable bonds is 17. The van der Waals surface area contributed by atoms with Gasteiger partial charge in [0, 0.05) is 36.4 Å². The smallest absolute Gasteiger partial charge is 0.326 e. The molecular weight excluding hydrogens is 660 g/mol. The van der Waals surface area contributed by atoms with Crippen LogP contribution in [-0.2, 0) is 49.7 Å². The highest BCUT2D eigenvalue weighted by Crippen LogP contribution is 2.19. The fourth-order valence-electron chi connectivity index (χ4n) is 5.89. The summed E-state index contributed by atoms with van der Waals surface area (Å²) in [6.07, 6.45) is 2.20. The zero-order valence-electron chi connectivity index (χ0n) is 28.5. The summed E-state index contributed by atoms with van der Waals surface area (Å²) in [4.78, 5) is 68.8. The van der Waals surface area contributed by atoms with Crippen LogP contribution in [0.5, 0.6) is 0 Å². The molecule has 0 saturated carbocycles. The van der Waals surface area contributed by atoms with Gasteiger partial charge in [-0.1, -0.05) is 109 Å². The molecule has 12 heteroatoms. The van der Waals surface area contributed by atoms with Gasteiger partial charge in [-0.05, 0) is 34.7 Å². The first-order chi connectivity index (χ1) is 25.2. The number of aliphatic carboxylic acids is 1. The molecule has 0 aliphatic carbocycles. The second-order valence-electron chi connectivity index (χ2n) is 12.5. The molecule has 0 aliphatic heterocycles. The molecule has 4 atom stereocenters. The van der Waals surface area contributed by atoms with Crippen molar-refractivity contribution in [3.05, 3.63) is 144 Å². The molecule has 4 amide bonds. The number of aromatic nitrogens is 1. The molecule has 0 fully saturated rings. The van der Waals surface area contributed by atoms with Crippen LogP contribution in [0.3, 0.4) is 0 Å². The van der Waals surface area contributed by atoms with E-state index < -0.39 is 60.3 Å². The quantitative estimate of drug-likeness (QED) is 0.0773. The number of hydrogen-bond acceptors (Lipinski definition) is 6. The number of benzene rings is 4. The summed E-state index contributed by atoms with van der Waals surface area (Å²) in [7, 11) is 0. The maximum Gasteiger partial charge on any atom is 0.326 e. The monoisotopic (exact) mass is 702 g/mol. The van der Waals surface area contributed by atoms with Crippen LogP contribution < -0.4 is 27.0 Å². The number of carbonyl (C=O) groups excluding carboxylic acids is 4. The van der Waals surface area contributed by atoms with Crippen LogP contribution in [-0.4, -0.2) is 70.4 Å². The van der Waals surface area contributed by atoms with Crippen molar-refractivity contribution in [1.29, 1.82) is 0 Å². The van der Waals surface area contributed by atoms with Crippen LogP contribution in [0.1, 0.15) is 22.3 Å². The molecule has 5 rings (SSSR count).